The van der Waals surface area contributed by atoms with E-state index in [0.717, 1.165) is 38.5 Å². The van der Waals surface area contributed by atoms with Gasteiger partial charge < -0.3 is 0 Å². The molecule has 2 nitrogen and oxygen atoms in total. The van der Waals surface area contributed by atoms with Gasteiger partial charge in [-0.25, -0.2) is 9.78 Å². The van der Waals surface area contributed by atoms with Crippen molar-refractivity contribution in [3.63, 3.8) is 0 Å². The third kappa shape index (κ3) is 9.07. The summed E-state index contributed by atoms with van der Waals surface area (Å²) in [6.07, 6.45) is 5.89. The molecule has 0 radical (unpaired) electrons. The topological polar surface area (TPSA) is 18.5 Å². The van der Waals surface area contributed by atoms with Gasteiger partial charge in [-0.15, -0.1) is 0 Å². The second-order valence-electron chi connectivity index (χ2n) is 3.30. The Kier molecular flexibility index (Phi) is 10.4. The molecule has 0 rings (SSSR count). The quantitative estimate of drug-likeness (QED) is 0.338. The van der Waals surface area contributed by atoms with Crippen LogP contribution in [0.25, 0.3) is 0 Å². The summed E-state index contributed by atoms with van der Waals surface area (Å²) in [5.41, 5.74) is -0.754. The highest BCUT2D eigenvalue weighted by atomic mass is 35.5. The van der Waals surface area contributed by atoms with E-state index in [1.165, 1.54) is 0 Å². The van der Waals surface area contributed by atoms with Crippen molar-refractivity contribution in [1.82, 2.24) is 0 Å². The molecule has 0 spiro atoms. The predicted octanol–water partition coefficient (Wildman–Crippen LogP) is 4.44. The van der Waals surface area contributed by atoms with Crippen LogP contribution in [0.1, 0.15) is 52.4 Å². The van der Waals surface area contributed by atoms with E-state index in [1.54, 1.807) is 0 Å². The fraction of sp³-hybridized carbons (Fsp3) is 1.00. The molecule has 0 bridgehead atoms. The molecule has 0 saturated heterocycles. The highest BCUT2D eigenvalue weighted by Gasteiger charge is 2.09. The molecule has 2 unspecified atom stereocenters. The van der Waals surface area contributed by atoms with Gasteiger partial charge in [-0.05, 0) is 25.7 Å². The van der Waals surface area contributed by atoms with Crippen molar-refractivity contribution in [2.45, 2.75) is 63.5 Å². The molecule has 14 heavy (non-hydrogen) atoms. The van der Waals surface area contributed by atoms with Gasteiger partial charge in [0, 0.05) is 0 Å². The molecule has 0 aliphatic rings. The lowest BCUT2D eigenvalue weighted by Crippen LogP contribution is -2.11. The first-order valence-corrected chi connectivity index (χ1v) is 6.18. The lowest BCUT2D eigenvalue weighted by atomic mass is 10.3. The molecule has 0 aromatic carbocycles. The molecule has 0 fully saturated rings. The van der Waals surface area contributed by atoms with Gasteiger partial charge in [0.15, 0.2) is 11.1 Å². The minimum Gasteiger partial charge on any atom is -0.216 e. The number of halogens is 2. The minimum atomic E-state index is -0.377. The summed E-state index contributed by atoms with van der Waals surface area (Å²) in [4.78, 5) is 9.87. The van der Waals surface area contributed by atoms with Crippen molar-refractivity contribution in [2.24, 2.45) is 0 Å². The summed E-state index contributed by atoms with van der Waals surface area (Å²) in [5, 5.41) is 0. The Hall–Kier alpha value is 0.500. The van der Waals surface area contributed by atoms with Crippen LogP contribution in [0.4, 0.5) is 0 Å². The SMILES string of the molecule is CCCCC(Cl)OOC(Cl)CCCC. The van der Waals surface area contributed by atoms with E-state index in [0.29, 0.717) is 0 Å². The van der Waals surface area contributed by atoms with E-state index in [-0.39, 0.29) is 11.1 Å². The van der Waals surface area contributed by atoms with Crippen LogP contribution >= 0.6 is 23.2 Å². The van der Waals surface area contributed by atoms with Crippen LogP contribution in [0.3, 0.4) is 0 Å². The molecule has 0 saturated carbocycles. The third-order valence-electron chi connectivity index (χ3n) is 1.83. The third-order valence-corrected chi connectivity index (χ3v) is 2.42. The molecule has 0 aromatic rings. The van der Waals surface area contributed by atoms with Crippen molar-refractivity contribution in [2.75, 3.05) is 0 Å². The summed E-state index contributed by atoms with van der Waals surface area (Å²) < 4.78 is 0. The highest BCUT2D eigenvalue weighted by Crippen LogP contribution is 2.14. The fourth-order valence-electron chi connectivity index (χ4n) is 0.946. The minimum absolute atomic E-state index is 0.377. The first-order chi connectivity index (χ1) is 6.70. The van der Waals surface area contributed by atoms with E-state index in [2.05, 4.69) is 13.8 Å². The first kappa shape index (κ1) is 14.5. The van der Waals surface area contributed by atoms with Gasteiger partial charge in [0.1, 0.15) is 0 Å². The van der Waals surface area contributed by atoms with Crippen LogP contribution in [0, 0.1) is 0 Å². The van der Waals surface area contributed by atoms with Crippen molar-refractivity contribution in [1.29, 1.82) is 0 Å². The van der Waals surface area contributed by atoms with Gasteiger partial charge >= 0.3 is 0 Å². The molecule has 0 aliphatic carbocycles. The largest absolute Gasteiger partial charge is 0.216 e. The van der Waals surface area contributed by atoms with Gasteiger partial charge in [0.05, 0.1) is 0 Å². The summed E-state index contributed by atoms with van der Waals surface area (Å²) >= 11 is 11.7. The van der Waals surface area contributed by atoms with Crippen LogP contribution < -0.4 is 0 Å². The van der Waals surface area contributed by atoms with Gasteiger partial charge in [0.2, 0.25) is 0 Å². The lowest BCUT2D eigenvalue weighted by Gasteiger charge is -2.12. The molecule has 0 heterocycles. The molecule has 4 heteroatoms. The average Bonchev–Trinajstić information content (AvgIpc) is 2.20. The second-order valence-corrected chi connectivity index (χ2v) is 4.27. The number of alkyl halides is 2. The van der Waals surface area contributed by atoms with Gasteiger partial charge in [0.25, 0.3) is 0 Å². The molecular formula is C10H20Cl2O2. The zero-order chi connectivity index (χ0) is 10.8. The van der Waals surface area contributed by atoms with Crippen molar-refractivity contribution < 1.29 is 9.78 Å². The summed E-state index contributed by atoms with van der Waals surface area (Å²) in [6.45, 7) is 4.21. The van der Waals surface area contributed by atoms with E-state index >= 15 is 0 Å². The summed E-state index contributed by atoms with van der Waals surface area (Å²) in [7, 11) is 0. The van der Waals surface area contributed by atoms with Crippen LogP contribution in [0.15, 0.2) is 0 Å². The Morgan fingerprint density at radius 1 is 0.857 bits per heavy atom. The van der Waals surface area contributed by atoms with Gasteiger partial charge in [-0.1, -0.05) is 49.9 Å². The molecule has 0 aliphatic heterocycles. The molecular weight excluding hydrogens is 223 g/mol. The van der Waals surface area contributed by atoms with Crippen LogP contribution in [-0.2, 0) is 9.78 Å². The van der Waals surface area contributed by atoms with E-state index < -0.39 is 0 Å². The lowest BCUT2D eigenvalue weighted by molar-refractivity contribution is -0.319. The van der Waals surface area contributed by atoms with Crippen LogP contribution in [0.5, 0.6) is 0 Å². The maximum Gasteiger partial charge on any atom is 0.166 e. The second kappa shape index (κ2) is 10.0. The monoisotopic (exact) mass is 242 g/mol. The Bertz CT molecular complexity index is 109. The number of rotatable bonds is 9. The smallest absolute Gasteiger partial charge is 0.166 e. The van der Waals surface area contributed by atoms with E-state index in [9.17, 15) is 0 Å². The molecule has 0 amide bonds. The summed E-state index contributed by atoms with van der Waals surface area (Å²) in [6, 6.07) is 0. The average molecular weight is 243 g/mol. The van der Waals surface area contributed by atoms with Crippen molar-refractivity contribution in [3.8, 4) is 0 Å². The molecule has 86 valence electrons. The van der Waals surface area contributed by atoms with Crippen LogP contribution in [-0.4, -0.2) is 11.1 Å². The maximum absolute atomic E-state index is 5.83. The first-order valence-electron chi connectivity index (χ1n) is 5.31. The molecule has 2 atom stereocenters. The van der Waals surface area contributed by atoms with E-state index in [4.69, 9.17) is 33.0 Å². The predicted molar refractivity (Wildman–Crippen MR) is 60.5 cm³/mol. The zero-order valence-corrected chi connectivity index (χ0v) is 10.5. The maximum atomic E-state index is 5.83. The van der Waals surface area contributed by atoms with Crippen LogP contribution in [0.2, 0.25) is 0 Å². The number of unbranched alkanes of at least 4 members (excludes halogenated alkanes) is 2. The highest BCUT2D eigenvalue weighted by molar-refractivity contribution is 6.20. The van der Waals surface area contributed by atoms with Gasteiger partial charge in [-0.2, -0.15) is 0 Å². The normalized spacial score (nSPS) is 15.4. The van der Waals surface area contributed by atoms with Gasteiger partial charge in [-0.3, -0.25) is 0 Å². The fourth-order valence-corrected chi connectivity index (χ4v) is 1.34. The van der Waals surface area contributed by atoms with Crippen molar-refractivity contribution >= 4 is 23.2 Å². The Labute approximate surface area is 96.8 Å². The summed E-state index contributed by atoms with van der Waals surface area (Å²) in [5.74, 6) is 0. The molecule has 0 aromatic heterocycles. The number of hydrogen-bond acceptors (Lipinski definition) is 2. The van der Waals surface area contributed by atoms with Crippen molar-refractivity contribution in [3.05, 3.63) is 0 Å². The number of hydrogen-bond donors (Lipinski definition) is 0. The Balaban J connectivity index is 3.31. The standard InChI is InChI=1S/C10H20Cl2O2/c1-3-5-7-9(11)13-14-10(12)8-6-4-2/h9-10H,3-8H2,1-2H3. The van der Waals surface area contributed by atoms with E-state index in [1.807, 2.05) is 0 Å². The molecule has 0 N–H and O–H groups in total. The Morgan fingerprint density at radius 3 is 1.50 bits per heavy atom. The Morgan fingerprint density at radius 2 is 1.21 bits per heavy atom. The zero-order valence-electron chi connectivity index (χ0n) is 8.97.